The van der Waals surface area contributed by atoms with Crippen LogP contribution in [-0.4, -0.2) is 19.4 Å². The summed E-state index contributed by atoms with van der Waals surface area (Å²) in [7, 11) is 1.51. The number of rotatable bonds is 4. The Balaban J connectivity index is 2.85. The molecule has 0 heterocycles. The van der Waals surface area contributed by atoms with Crippen LogP contribution in [0.15, 0.2) is 30.3 Å². The van der Waals surface area contributed by atoms with E-state index in [4.69, 9.17) is 10.5 Å². The maximum atomic E-state index is 11.3. The van der Waals surface area contributed by atoms with Crippen molar-refractivity contribution >= 4 is 5.78 Å². The van der Waals surface area contributed by atoms with Gasteiger partial charge in [-0.3, -0.25) is 4.79 Å². The number of ether oxygens (including phenoxy) is 1. The molecule has 0 saturated carbocycles. The molecule has 0 fully saturated rings. The van der Waals surface area contributed by atoms with E-state index in [2.05, 4.69) is 0 Å². The smallest absolute Gasteiger partial charge is 0.179 e. The molecule has 0 saturated heterocycles. The number of hydrogen-bond acceptors (Lipinski definition) is 3. The van der Waals surface area contributed by atoms with Crippen molar-refractivity contribution in [3.05, 3.63) is 35.9 Å². The quantitative estimate of drug-likeness (QED) is 0.747. The van der Waals surface area contributed by atoms with E-state index in [1.165, 1.54) is 7.11 Å². The first-order chi connectivity index (χ1) is 6.29. The van der Waals surface area contributed by atoms with Crippen molar-refractivity contribution in [3.63, 3.8) is 0 Å². The molecule has 1 atom stereocenters. The Hall–Kier alpha value is -1.19. The van der Waals surface area contributed by atoms with Gasteiger partial charge in [-0.2, -0.15) is 0 Å². The lowest BCUT2D eigenvalue weighted by atomic mass is 10.1. The zero-order valence-electron chi connectivity index (χ0n) is 7.57. The average Bonchev–Trinajstić information content (AvgIpc) is 2.20. The summed E-state index contributed by atoms with van der Waals surface area (Å²) in [6.07, 6.45) is -0.522. The predicted octanol–water partition coefficient (Wildman–Crippen LogP) is 0.902. The van der Waals surface area contributed by atoms with Crippen LogP contribution in [-0.2, 0) is 9.53 Å². The highest BCUT2D eigenvalue weighted by Crippen LogP contribution is 2.16. The fraction of sp³-hybridized carbons (Fsp3) is 0.300. The molecule has 13 heavy (non-hydrogen) atoms. The number of methoxy groups -OCH3 is 1. The van der Waals surface area contributed by atoms with Crippen LogP contribution < -0.4 is 5.73 Å². The van der Waals surface area contributed by atoms with Gasteiger partial charge >= 0.3 is 0 Å². The molecular weight excluding hydrogens is 166 g/mol. The van der Waals surface area contributed by atoms with Crippen LogP contribution in [0.4, 0.5) is 0 Å². The molecule has 1 aromatic carbocycles. The van der Waals surface area contributed by atoms with Gasteiger partial charge in [0.05, 0.1) is 6.54 Å². The maximum Gasteiger partial charge on any atom is 0.179 e. The van der Waals surface area contributed by atoms with Crippen molar-refractivity contribution < 1.29 is 9.53 Å². The summed E-state index contributed by atoms with van der Waals surface area (Å²) < 4.78 is 5.06. The third-order valence-electron chi connectivity index (χ3n) is 1.83. The lowest BCUT2D eigenvalue weighted by Crippen LogP contribution is -2.22. The number of benzene rings is 1. The fourth-order valence-electron chi connectivity index (χ4n) is 1.19. The summed E-state index contributed by atoms with van der Waals surface area (Å²) in [6.45, 7) is 0.00734. The van der Waals surface area contributed by atoms with Crippen molar-refractivity contribution in [2.24, 2.45) is 5.73 Å². The molecule has 3 nitrogen and oxygen atoms in total. The second-order valence-electron chi connectivity index (χ2n) is 2.70. The normalized spacial score (nSPS) is 12.5. The zero-order valence-corrected chi connectivity index (χ0v) is 7.57. The van der Waals surface area contributed by atoms with E-state index in [-0.39, 0.29) is 12.3 Å². The first kappa shape index (κ1) is 9.89. The molecule has 0 amide bonds. The molecule has 0 bridgehead atoms. The van der Waals surface area contributed by atoms with E-state index in [0.717, 1.165) is 5.56 Å². The van der Waals surface area contributed by atoms with E-state index >= 15 is 0 Å². The topological polar surface area (TPSA) is 52.3 Å². The summed E-state index contributed by atoms with van der Waals surface area (Å²) >= 11 is 0. The molecule has 0 aliphatic rings. The van der Waals surface area contributed by atoms with Gasteiger partial charge in [0.2, 0.25) is 0 Å². The highest BCUT2D eigenvalue weighted by molar-refractivity contribution is 5.85. The number of hydrogen-bond donors (Lipinski definition) is 1. The Morgan fingerprint density at radius 3 is 2.54 bits per heavy atom. The lowest BCUT2D eigenvalue weighted by molar-refractivity contribution is -0.127. The van der Waals surface area contributed by atoms with Crippen molar-refractivity contribution in [1.82, 2.24) is 0 Å². The van der Waals surface area contributed by atoms with Gasteiger partial charge < -0.3 is 10.5 Å². The van der Waals surface area contributed by atoms with Crippen LogP contribution in [0.3, 0.4) is 0 Å². The van der Waals surface area contributed by atoms with Crippen LogP contribution in [0.25, 0.3) is 0 Å². The summed E-state index contributed by atoms with van der Waals surface area (Å²) in [5.74, 6) is -0.103. The zero-order chi connectivity index (χ0) is 9.68. The van der Waals surface area contributed by atoms with E-state index in [0.29, 0.717) is 0 Å². The molecule has 1 aromatic rings. The Labute approximate surface area is 77.5 Å². The van der Waals surface area contributed by atoms with Crippen molar-refractivity contribution in [3.8, 4) is 0 Å². The second kappa shape index (κ2) is 4.74. The van der Waals surface area contributed by atoms with Gasteiger partial charge in [-0.05, 0) is 5.56 Å². The third-order valence-corrected chi connectivity index (χ3v) is 1.83. The van der Waals surface area contributed by atoms with Crippen molar-refractivity contribution in [2.75, 3.05) is 13.7 Å². The van der Waals surface area contributed by atoms with E-state index in [9.17, 15) is 4.79 Å². The molecule has 0 aromatic heterocycles. The largest absolute Gasteiger partial charge is 0.369 e. The average molecular weight is 179 g/mol. The molecule has 0 spiro atoms. The minimum absolute atomic E-state index is 0.00734. The molecular formula is C10H13NO2. The summed E-state index contributed by atoms with van der Waals surface area (Å²) in [4.78, 5) is 11.3. The van der Waals surface area contributed by atoms with Gasteiger partial charge in [-0.1, -0.05) is 30.3 Å². The monoisotopic (exact) mass is 179 g/mol. The molecule has 0 radical (unpaired) electrons. The number of carbonyl (C=O) groups is 1. The SMILES string of the molecule is CO[C@H](C(=O)CN)c1ccccc1. The molecule has 70 valence electrons. The summed E-state index contributed by atoms with van der Waals surface area (Å²) in [5.41, 5.74) is 6.10. The van der Waals surface area contributed by atoms with Gasteiger partial charge in [0, 0.05) is 7.11 Å². The molecule has 1 rings (SSSR count). The van der Waals surface area contributed by atoms with Gasteiger partial charge in [0.15, 0.2) is 5.78 Å². The van der Waals surface area contributed by atoms with Gasteiger partial charge in [0.1, 0.15) is 6.10 Å². The first-order valence-electron chi connectivity index (χ1n) is 4.10. The molecule has 0 aliphatic carbocycles. The van der Waals surface area contributed by atoms with E-state index in [1.807, 2.05) is 30.3 Å². The Kier molecular flexibility index (Phi) is 3.61. The molecule has 3 heteroatoms. The Morgan fingerprint density at radius 2 is 2.08 bits per heavy atom. The Bertz CT molecular complexity index is 272. The highest BCUT2D eigenvalue weighted by atomic mass is 16.5. The fourth-order valence-corrected chi connectivity index (χ4v) is 1.19. The van der Waals surface area contributed by atoms with Crippen LogP contribution in [0.2, 0.25) is 0 Å². The minimum atomic E-state index is -0.522. The maximum absolute atomic E-state index is 11.3. The van der Waals surface area contributed by atoms with E-state index in [1.54, 1.807) is 0 Å². The predicted molar refractivity (Wildman–Crippen MR) is 50.3 cm³/mol. The molecule has 0 unspecified atom stereocenters. The minimum Gasteiger partial charge on any atom is -0.369 e. The Morgan fingerprint density at radius 1 is 1.46 bits per heavy atom. The van der Waals surface area contributed by atoms with Gasteiger partial charge in [-0.15, -0.1) is 0 Å². The number of ketones is 1. The molecule has 2 N–H and O–H groups in total. The first-order valence-corrected chi connectivity index (χ1v) is 4.10. The van der Waals surface area contributed by atoms with Crippen LogP contribution in [0.5, 0.6) is 0 Å². The summed E-state index contributed by atoms with van der Waals surface area (Å²) in [6, 6.07) is 9.32. The van der Waals surface area contributed by atoms with E-state index < -0.39 is 6.10 Å². The number of nitrogens with two attached hydrogens (primary N) is 1. The number of carbonyl (C=O) groups excluding carboxylic acids is 1. The standard InChI is InChI=1S/C10H13NO2/c1-13-10(9(12)7-11)8-5-3-2-4-6-8/h2-6,10H,7,11H2,1H3/t10-/m0/s1. The van der Waals surface area contributed by atoms with Gasteiger partial charge in [-0.25, -0.2) is 0 Å². The summed E-state index contributed by atoms with van der Waals surface area (Å²) in [5, 5.41) is 0. The van der Waals surface area contributed by atoms with Crippen LogP contribution in [0.1, 0.15) is 11.7 Å². The van der Waals surface area contributed by atoms with Crippen LogP contribution >= 0.6 is 0 Å². The lowest BCUT2D eigenvalue weighted by Gasteiger charge is -2.12. The highest BCUT2D eigenvalue weighted by Gasteiger charge is 2.17. The van der Waals surface area contributed by atoms with Gasteiger partial charge in [0.25, 0.3) is 0 Å². The second-order valence-corrected chi connectivity index (χ2v) is 2.70. The van der Waals surface area contributed by atoms with Crippen molar-refractivity contribution in [1.29, 1.82) is 0 Å². The van der Waals surface area contributed by atoms with Crippen molar-refractivity contribution in [2.45, 2.75) is 6.10 Å². The molecule has 0 aliphatic heterocycles. The third kappa shape index (κ3) is 2.37. The van der Waals surface area contributed by atoms with Crippen LogP contribution in [0, 0.1) is 0 Å². The number of Topliss-reactive ketones (excluding diaryl/α,β-unsaturated/α-hetero) is 1.